The van der Waals surface area contributed by atoms with E-state index >= 15 is 0 Å². The van der Waals surface area contributed by atoms with Crippen molar-refractivity contribution in [1.82, 2.24) is 4.72 Å². The smallest absolute Gasteiger partial charge is 0.207 e. The van der Waals surface area contributed by atoms with Crippen molar-refractivity contribution in [2.24, 2.45) is 0 Å². The number of aryl methyl sites for hydroxylation is 1. The quantitative estimate of drug-likeness (QED) is 0.872. The molecule has 7 heteroatoms. The second-order valence-electron chi connectivity index (χ2n) is 4.55. The lowest BCUT2D eigenvalue weighted by Gasteiger charge is -2.14. The molecule has 0 aliphatic heterocycles. The highest BCUT2D eigenvalue weighted by molar-refractivity contribution is 9.11. The number of rotatable bonds is 4. The Kier molecular flexibility index (Phi) is 4.84. The molecule has 110 valence electrons. The summed E-state index contributed by atoms with van der Waals surface area (Å²) in [6.45, 7) is 3.55. The van der Waals surface area contributed by atoms with Crippen molar-refractivity contribution in [3.63, 3.8) is 0 Å². The van der Waals surface area contributed by atoms with Gasteiger partial charge in [-0.2, -0.15) is 5.26 Å². The first kappa shape index (κ1) is 16.2. The van der Waals surface area contributed by atoms with Crippen LogP contribution >= 0.6 is 27.3 Å². The Balaban J connectivity index is 2.23. The summed E-state index contributed by atoms with van der Waals surface area (Å²) in [6.07, 6.45) is 0. The lowest BCUT2D eigenvalue weighted by molar-refractivity contribution is 0.567. The Hall–Kier alpha value is -1.20. The van der Waals surface area contributed by atoms with Crippen LogP contribution in [-0.2, 0) is 10.0 Å². The van der Waals surface area contributed by atoms with Gasteiger partial charge in [-0.15, -0.1) is 11.3 Å². The predicted molar refractivity (Wildman–Crippen MR) is 86.6 cm³/mol. The maximum Gasteiger partial charge on any atom is 0.242 e. The van der Waals surface area contributed by atoms with Crippen LogP contribution in [0.2, 0.25) is 0 Å². The van der Waals surface area contributed by atoms with Gasteiger partial charge in [0, 0.05) is 10.9 Å². The van der Waals surface area contributed by atoms with E-state index in [1.165, 1.54) is 11.3 Å². The third kappa shape index (κ3) is 3.71. The van der Waals surface area contributed by atoms with E-state index in [1.807, 2.05) is 6.07 Å². The number of thiophene rings is 1. The van der Waals surface area contributed by atoms with Gasteiger partial charge in [-0.1, -0.05) is 12.1 Å². The zero-order valence-electron chi connectivity index (χ0n) is 11.4. The van der Waals surface area contributed by atoms with Gasteiger partial charge in [-0.25, -0.2) is 13.1 Å². The fraction of sp³-hybridized carbons (Fsp3) is 0.214. The summed E-state index contributed by atoms with van der Waals surface area (Å²) >= 11 is 4.68. The van der Waals surface area contributed by atoms with E-state index in [1.54, 1.807) is 44.2 Å². The van der Waals surface area contributed by atoms with Crippen LogP contribution in [-0.4, -0.2) is 8.42 Å². The van der Waals surface area contributed by atoms with Gasteiger partial charge in [0.25, 0.3) is 0 Å². The van der Waals surface area contributed by atoms with Crippen LogP contribution in [0.5, 0.6) is 0 Å². The normalized spacial score (nSPS) is 12.9. The number of sulfonamides is 1. The summed E-state index contributed by atoms with van der Waals surface area (Å²) in [6, 6.07) is 10.1. The van der Waals surface area contributed by atoms with Crippen molar-refractivity contribution < 1.29 is 8.42 Å². The third-order valence-electron chi connectivity index (χ3n) is 3.00. The maximum absolute atomic E-state index is 12.4. The molecule has 0 aliphatic carbocycles. The first-order valence-electron chi connectivity index (χ1n) is 6.12. The van der Waals surface area contributed by atoms with E-state index in [2.05, 4.69) is 20.7 Å². The lowest BCUT2D eigenvalue weighted by Crippen LogP contribution is -2.27. The summed E-state index contributed by atoms with van der Waals surface area (Å²) in [5.41, 5.74) is 1.36. The van der Waals surface area contributed by atoms with Crippen molar-refractivity contribution in [2.45, 2.75) is 24.8 Å². The minimum atomic E-state index is -3.57. The molecule has 1 aromatic carbocycles. The topological polar surface area (TPSA) is 70.0 Å². The summed E-state index contributed by atoms with van der Waals surface area (Å²) in [7, 11) is -3.57. The van der Waals surface area contributed by atoms with Gasteiger partial charge < -0.3 is 0 Å². The van der Waals surface area contributed by atoms with Gasteiger partial charge in [0.15, 0.2) is 0 Å². The van der Waals surface area contributed by atoms with Gasteiger partial charge in [0.05, 0.1) is 20.3 Å². The van der Waals surface area contributed by atoms with Crippen LogP contribution in [0, 0.1) is 18.3 Å². The number of benzene rings is 1. The maximum atomic E-state index is 12.4. The molecule has 0 aliphatic rings. The zero-order chi connectivity index (χ0) is 15.6. The summed E-state index contributed by atoms with van der Waals surface area (Å²) in [4.78, 5) is 1.03. The minimum absolute atomic E-state index is 0.292. The van der Waals surface area contributed by atoms with E-state index in [-0.39, 0.29) is 6.04 Å². The van der Waals surface area contributed by atoms with E-state index in [9.17, 15) is 8.42 Å². The molecule has 0 radical (unpaired) electrons. The highest BCUT2D eigenvalue weighted by Gasteiger charge is 2.22. The first-order valence-corrected chi connectivity index (χ1v) is 9.21. The SMILES string of the molecule is Cc1sc(Br)cc1S(=O)(=O)NC(C)c1ccc(C#N)cc1. The summed E-state index contributed by atoms with van der Waals surface area (Å²) in [5.74, 6) is 0. The van der Waals surface area contributed by atoms with Gasteiger partial charge in [-0.05, 0) is 53.5 Å². The molecule has 1 atom stereocenters. The van der Waals surface area contributed by atoms with Crippen molar-refractivity contribution in [1.29, 1.82) is 5.26 Å². The highest BCUT2D eigenvalue weighted by atomic mass is 79.9. The number of hydrogen-bond acceptors (Lipinski definition) is 4. The van der Waals surface area contributed by atoms with Crippen LogP contribution in [0.25, 0.3) is 0 Å². The van der Waals surface area contributed by atoms with E-state index < -0.39 is 10.0 Å². The fourth-order valence-corrected chi connectivity index (χ4v) is 5.55. The Morgan fingerprint density at radius 2 is 1.95 bits per heavy atom. The fourth-order valence-electron chi connectivity index (χ4n) is 1.91. The number of hydrogen-bond donors (Lipinski definition) is 1. The lowest BCUT2D eigenvalue weighted by atomic mass is 10.1. The average molecular weight is 385 g/mol. The number of nitriles is 1. The molecule has 0 saturated heterocycles. The average Bonchev–Trinajstić information content (AvgIpc) is 2.78. The molecule has 2 aromatic rings. The van der Waals surface area contributed by atoms with Crippen LogP contribution in [0.15, 0.2) is 39.0 Å². The Morgan fingerprint density at radius 3 is 2.43 bits per heavy atom. The highest BCUT2D eigenvalue weighted by Crippen LogP contribution is 2.30. The number of halogens is 1. The zero-order valence-corrected chi connectivity index (χ0v) is 14.6. The first-order chi connectivity index (χ1) is 9.83. The van der Waals surface area contributed by atoms with Crippen LogP contribution in [0.1, 0.15) is 29.0 Å². The predicted octanol–water partition coefficient (Wildman–Crippen LogP) is 3.73. The van der Waals surface area contributed by atoms with Gasteiger partial charge in [0.2, 0.25) is 10.0 Å². The molecule has 4 nitrogen and oxygen atoms in total. The molecule has 1 unspecified atom stereocenters. The van der Waals surface area contributed by atoms with Gasteiger partial charge in [-0.3, -0.25) is 0 Å². The van der Waals surface area contributed by atoms with E-state index in [0.717, 1.165) is 14.2 Å². The molecule has 0 fully saturated rings. The van der Waals surface area contributed by atoms with Crippen LogP contribution in [0.3, 0.4) is 0 Å². The molecular weight excluding hydrogens is 372 g/mol. The molecule has 1 heterocycles. The van der Waals surface area contributed by atoms with Crippen LogP contribution < -0.4 is 4.72 Å². The molecule has 0 saturated carbocycles. The largest absolute Gasteiger partial charge is 0.242 e. The molecule has 1 N–H and O–H groups in total. The van der Waals surface area contributed by atoms with E-state index in [4.69, 9.17) is 5.26 Å². The van der Waals surface area contributed by atoms with Gasteiger partial charge in [0.1, 0.15) is 0 Å². The molecule has 0 bridgehead atoms. The summed E-state index contributed by atoms with van der Waals surface area (Å²) < 4.78 is 28.2. The van der Waals surface area contributed by atoms with Crippen molar-refractivity contribution in [3.05, 3.63) is 50.1 Å². The van der Waals surface area contributed by atoms with Crippen molar-refractivity contribution in [3.8, 4) is 6.07 Å². The van der Waals surface area contributed by atoms with E-state index in [0.29, 0.717) is 10.5 Å². The second-order valence-corrected chi connectivity index (χ2v) is 8.87. The summed E-state index contributed by atoms with van der Waals surface area (Å²) in [5, 5.41) is 8.77. The van der Waals surface area contributed by atoms with Crippen molar-refractivity contribution in [2.75, 3.05) is 0 Å². The Bertz CT molecular complexity index is 789. The van der Waals surface area contributed by atoms with Gasteiger partial charge >= 0.3 is 0 Å². The monoisotopic (exact) mass is 384 g/mol. The Labute approximate surface area is 136 Å². The number of nitrogens with one attached hydrogen (secondary N) is 1. The van der Waals surface area contributed by atoms with Crippen molar-refractivity contribution >= 4 is 37.3 Å². The number of nitrogens with zero attached hydrogens (tertiary/aromatic N) is 1. The molecule has 0 spiro atoms. The Morgan fingerprint density at radius 1 is 1.33 bits per heavy atom. The molecule has 0 amide bonds. The van der Waals surface area contributed by atoms with Crippen LogP contribution in [0.4, 0.5) is 0 Å². The third-order valence-corrected chi connectivity index (χ3v) is 6.35. The molecule has 1 aromatic heterocycles. The molecule has 2 rings (SSSR count). The molecular formula is C14H13BrN2O2S2. The standard InChI is InChI=1S/C14H13BrN2O2S2/c1-9(12-5-3-11(8-16)4-6-12)17-21(18,19)13-7-14(15)20-10(13)2/h3-7,9,17H,1-2H3. The minimum Gasteiger partial charge on any atom is -0.207 e. The second kappa shape index (κ2) is 6.28. The molecule has 21 heavy (non-hydrogen) atoms.